The molecule has 1 heterocycles. The Labute approximate surface area is 136 Å². The lowest BCUT2D eigenvalue weighted by Crippen LogP contribution is -1.97. The Morgan fingerprint density at radius 3 is 3.00 bits per heavy atom. The number of aromatic nitrogens is 2. The van der Waals surface area contributed by atoms with Crippen LogP contribution in [0.5, 0.6) is 11.5 Å². The number of phenols is 1. The van der Waals surface area contributed by atoms with Gasteiger partial charge in [0.05, 0.1) is 35.0 Å². The Balaban J connectivity index is 1.99. The van der Waals surface area contributed by atoms with Crippen molar-refractivity contribution in [2.24, 2.45) is 4.99 Å². The highest BCUT2D eigenvalue weighted by molar-refractivity contribution is 5.89. The number of H-pyrrole nitrogens is 1. The molecule has 0 radical (unpaired) electrons. The van der Waals surface area contributed by atoms with Crippen molar-refractivity contribution in [3.05, 3.63) is 52.2 Å². The van der Waals surface area contributed by atoms with E-state index in [1.165, 1.54) is 18.3 Å². The quantitative estimate of drug-likeness (QED) is 0.424. The minimum atomic E-state index is -0.545. The predicted molar refractivity (Wildman–Crippen MR) is 89.3 cm³/mol. The van der Waals surface area contributed by atoms with E-state index in [-0.39, 0.29) is 29.4 Å². The van der Waals surface area contributed by atoms with Crippen molar-refractivity contribution in [1.82, 2.24) is 10.2 Å². The normalized spacial score (nSPS) is 11.2. The first-order chi connectivity index (χ1) is 11.6. The number of nitrogens with one attached hydrogen (secondary N) is 1. The Bertz CT molecular complexity index is 933. The van der Waals surface area contributed by atoms with Crippen LogP contribution >= 0.6 is 0 Å². The first-order valence-corrected chi connectivity index (χ1v) is 7.20. The summed E-state index contributed by atoms with van der Waals surface area (Å²) < 4.78 is 5.24. The van der Waals surface area contributed by atoms with Crippen LogP contribution in [0.25, 0.3) is 10.9 Å². The van der Waals surface area contributed by atoms with Crippen molar-refractivity contribution < 1.29 is 14.8 Å². The van der Waals surface area contributed by atoms with Crippen LogP contribution in [-0.2, 0) is 0 Å². The van der Waals surface area contributed by atoms with Gasteiger partial charge < -0.3 is 9.84 Å². The third kappa shape index (κ3) is 3.02. The van der Waals surface area contributed by atoms with Crippen LogP contribution < -0.4 is 4.74 Å². The number of aromatic hydroxyl groups is 1. The van der Waals surface area contributed by atoms with Gasteiger partial charge in [-0.1, -0.05) is 0 Å². The number of rotatable bonds is 5. The summed E-state index contributed by atoms with van der Waals surface area (Å²) in [5.41, 5.74) is 1.54. The van der Waals surface area contributed by atoms with Gasteiger partial charge in [0.15, 0.2) is 11.5 Å². The third-order valence-electron chi connectivity index (χ3n) is 3.38. The second-order valence-corrected chi connectivity index (χ2v) is 4.97. The summed E-state index contributed by atoms with van der Waals surface area (Å²) in [5, 5.41) is 28.9. The van der Waals surface area contributed by atoms with Gasteiger partial charge in [0, 0.05) is 23.2 Å². The lowest BCUT2D eigenvalue weighted by molar-refractivity contribution is -0.385. The Morgan fingerprint density at radius 2 is 2.25 bits per heavy atom. The Kier molecular flexibility index (Phi) is 4.11. The monoisotopic (exact) mass is 326 g/mol. The van der Waals surface area contributed by atoms with Crippen molar-refractivity contribution in [3.8, 4) is 11.5 Å². The number of hydrogen-bond acceptors (Lipinski definition) is 6. The molecular formula is C16H14N4O4. The molecule has 0 fully saturated rings. The minimum Gasteiger partial charge on any atom is -0.504 e. The lowest BCUT2D eigenvalue weighted by Gasteiger charge is -2.07. The van der Waals surface area contributed by atoms with E-state index >= 15 is 0 Å². The van der Waals surface area contributed by atoms with Crippen molar-refractivity contribution in [1.29, 1.82) is 0 Å². The number of nitro groups is 1. The molecule has 1 aromatic heterocycles. The van der Waals surface area contributed by atoms with Crippen molar-refractivity contribution in [3.63, 3.8) is 0 Å². The molecule has 0 saturated heterocycles. The van der Waals surface area contributed by atoms with Crippen LogP contribution in [0.2, 0.25) is 0 Å². The SMILES string of the molecule is CCOc1cc([N+](=O)[O-])cc(C=Nc2ccc3[nH]ncc3c2)c1O. The molecule has 3 rings (SSSR count). The molecule has 8 heteroatoms. The van der Waals surface area contributed by atoms with Crippen LogP contribution in [0, 0.1) is 10.1 Å². The zero-order valence-electron chi connectivity index (χ0n) is 12.8. The zero-order chi connectivity index (χ0) is 17.1. The maximum Gasteiger partial charge on any atom is 0.274 e. The number of benzene rings is 2. The summed E-state index contributed by atoms with van der Waals surface area (Å²) in [7, 11) is 0. The van der Waals surface area contributed by atoms with Crippen LogP contribution in [0.1, 0.15) is 12.5 Å². The Hall–Kier alpha value is -3.42. The molecule has 8 nitrogen and oxygen atoms in total. The van der Waals surface area contributed by atoms with E-state index in [0.717, 1.165) is 10.9 Å². The largest absolute Gasteiger partial charge is 0.504 e. The average molecular weight is 326 g/mol. The van der Waals surface area contributed by atoms with Gasteiger partial charge >= 0.3 is 0 Å². The maximum absolute atomic E-state index is 11.0. The molecule has 2 N–H and O–H groups in total. The van der Waals surface area contributed by atoms with Crippen LogP contribution in [0.15, 0.2) is 41.5 Å². The van der Waals surface area contributed by atoms with Crippen molar-refractivity contribution in [2.45, 2.75) is 6.92 Å². The zero-order valence-corrected chi connectivity index (χ0v) is 12.8. The molecule has 0 amide bonds. The highest BCUT2D eigenvalue weighted by Gasteiger charge is 2.16. The summed E-state index contributed by atoms with van der Waals surface area (Å²) >= 11 is 0. The number of nitrogens with zero attached hydrogens (tertiary/aromatic N) is 3. The summed E-state index contributed by atoms with van der Waals surface area (Å²) in [6.07, 6.45) is 3.04. The fraction of sp³-hybridized carbons (Fsp3) is 0.125. The van der Waals surface area contributed by atoms with Gasteiger partial charge in [-0.15, -0.1) is 0 Å². The van der Waals surface area contributed by atoms with Gasteiger partial charge in [0.25, 0.3) is 5.69 Å². The fourth-order valence-electron chi connectivity index (χ4n) is 2.24. The topological polar surface area (TPSA) is 114 Å². The average Bonchev–Trinajstić information content (AvgIpc) is 3.03. The highest BCUT2D eigenvalue weighted by atomic mass is 16.6. The first kappa shape index (κ1) is 15.5. The molecule has 0 aliphatic heterocycles. The second-order valence-electron chi connectivity index (χ2n) is 4.97. The van der Waals surface area contributed by atoms with E-state index in [2.05, 4.69) is 15.2 Å². The lowest BCUT2D eigenvalue weighted by atomic mass is 10.1. The van der Waals surface area contributed by atoms with Crippen molar-refractivity contribution in [2.75, 3.05) is 6.61 Å². The minimum absolute atomic E-state index is 0.0541. The second kappa shape index (κ2) is 6.37. The number of aromatic amines is 1. The number of aliphatic imine (C=N–C) groups is 1. The van der Waals surface area contributed by atoms with E-state index in [1.807, 2.05) is 12.1 Å². The number of fused-ring (bicyclic) bond motifs is 1. The van der Waals surface area contributed by atoms with E-state index in [4.69, 9.17) is 4.74 Å². The standard InChI is InChI=1S/C16H14N4O4/c1-2-24-15-7-13(20(22)23)6-11(16(15)21)8-17-12-3-4-14-10(5-12)9-18-19-14/h3-9,21H,2H2,1H3,(H,18,19). The van der Waals surface area contributed by atoms with Gasteiger partial charge in [0.2, 0.25) is 0 Å². The van der Waals surface area contributed by atoms with Gasteiger partial charge in [0.1, 0.15) is 0 Å². The van der Waals surface area contributed by atoms with Gasteiger partial charge in [-0.25, -0.2) is 0 Å². The molecule has 0 saturated carbocycles. The molecule has 0 spiro atoms. The van der Waals surface area contributed by atoms with Crippen LogP contribution in [0.3, 0.4) is 0 Å². The van der Waals surface area contributed by atoms with Crippen molar-refractivity contribution >= 4 is 28.5 Å². The van der Waals surface area contributed by atoms with Gasteiger partial charge in [-0.05, 0) is 25.1 Å². The highest BCUT2D eigenvalue weighted by Crippen LogP contribution is 2.34. The molecule has 0 bridgehead atoms. The summed E-state index contributed by atoms with van der Waals surface area (Å²) in [5.74, 6) is -0.131. The third-order valence-corrected chi connectivity index (χ3v) is 3.38. The number of nitro benzene ring substituents is 1. The van der Waals surface area contributed by atoms with E-state index in [9.17, 15) is 15.2 Å². The van der Waals surface area contributed by atoms with E-state index in [1.54, 1.807) is 19.2 Å². The number of hydrogen-bond donors (Lipinski definition) is 2. The smallest absolute Gasteiger partial charge is 0.274 e. The van der Waals surface area contributed by atoms with Crippen LogP contribution in [0.4, 0.5) is 11.4 Å². The fourth-order valence-corrected chi connectivity index (χ4v) is 2.24. The molecule has 3 aromatic rings. The number of ether oxygens (including phenoxy) is 1. The van der Waals surface area contributed by atoms with Gasteiger partial charge in [-0.3, -0.25) is 20.2 Å². The molecular weight excluding hydrogens is 312 g/mol. The Morgan fingerprint density at radius 1 is 1.42 bits per heavy atom. The van der Waals surface area contributed by atoms with Gasteiger partial charge in [-0.2, -0.15) is 5.10 Å². The van der Waals surface area contributed by atoms with E-state index in [0.29, 0.717) is 5.69 Å². The molecule has 0 aliphatic rings. The molecule has 0 atom stereocenters. The summed E-state index contributed by atoms with van der Waals surface area (Å²) in [4.78, 5) is 14.7. The van der Waals surface area contributed by atoms with E-state index < -0.39 is 4.92 Å². The predicted octanol–water partition coefficient (Wildman–Crippen LogP) is 3.33. The number of non-ortho nitro benzene ring substituents is 1. The van der Waals surface area contributed by atoms with Crippen LogP contribution in [-0.4, -0.2) is 33.0 Å². The summed E-state index contributed by atoms with van der Waals surface area (Å²) in [6.45, 7) is 2.01. The number of phenolic OH excluding ortho intramolecular Hbond substituents is 1. The molecule has 2 aromatic carbocycles. The maximum atomic E-state index is 11.0. The first-order valence-electron chi connectivity index (χ1n) is 7.20. The molecule has 0 unspecified atom stereocenters. The summed E-state index contributed by atoms with van der Waals surface area (Å²) in [6, 6.07) is 7.85. The molecule has 0 aliphatic carbocycles. The molecule has 24 heavy (non-hydrogen) atoms. The molecule has 122 valence electrons.